The van der Waals surface area contributed by atoms with Gasteiger partial charge < -0.3 is 10.6 Å². The van der Waals surface area contributed by atoms with Crippen molar-refractivity contribution in [3.8, 4) is 0 Å². The van der Waals surface area contributed by atoms with Gasteiger partial charge in [0.1, 0.15) is 0 Å². The molecule has 0 spiro atoms. The van der Waals surface area contributed by atoms with Crippen molar-refractivity contribution in [2.75, 3.05) is 25.9 Å². The van der Waals surface area contributed by atoms with E-state index >= 15 is 0 Å². The van der Waals surface area contributed by atoms with E-state index in [1.54, 1.807) is 0 Å². The zero-order valence-electron chi connectivity index (χ0n) is 11.7. The number of unbranched alkanes of at least 4 members (excludes halogenated alkanes) is 1. The van der Waals surface area contributed by atoms with Crippen LogP contribution in [0.4, 0.5) is 5.69 Å². The molecule has 1 unspecified atom stereocenters. The molecule has 0 aromatic heterocycles. The Labute approximate surface area is 111 Å². The van der Waals surface area contributed by atoms with Gasteiger partial charge in [0, 0.05) is 5.69 Å². The Morgan fingerprint density at radius 2 is 1.94 bits per heavy atom. The van der Waals surface area contributed by atoms with Gasteiger partial charge in [-0.15, -0.1) is 6.58 Å². The highest BCUT2D eigenvalue weighted by Crippen LogP contribution is 2.20. The summed E-state index contributed by atoms with van der Waals surface area (Å²) in [4.78, 5) is 2.40. The van der Waals surface area contributed by atoms with E-state index in [0.29, 0.717) is 5.92 Å². The molecular formula is C16H26N2. The third-order valence-electron chi connectivity index (χ3n) is 3.40. The van der Waals surface area contributed by atoms with Crippen LogP contribution in [0.25, 0.3) is 0 Å². The van der Waals surface area contributed by atoms with Crippen molar-refractivity contribution >= 4 is 5.69 Å². The van der Waals surface area contributed by atoms with Crippen LogP contribution < -0.4 is 5.73 Å². The summed E-state index contributed by atoms with van der Waals surface area (Å²) >= 11 is 0. The van der Waals surface area contributed by atoms with Crippen LogP contribution in [-0.4, -0.2) is 25.0 Å². The van der Waals surface area contributed by atoms with Crippen LogP contribution in [0.15, 0.2) is 36.9 Å². The number of hydrogen-bond acceptors (Lipinski definition) is 2. The standard InChI is InChI=1S/C16H26N2/c1-4-5-6-12-18(3)13-11-14(2)15-7-9-16(17)10-8-15/h4,7-10,14H,1,5-6,11-13,17H2,2-3H3. The quantitative estimate of drug-likeness (QED) is 0.431. The fourth-order valence-electron chi connectivity index (χ4n) is 2.02. The first-order chi connectivity index (χ1) is 8.63. The average molecular weight is 246 g/mol. The second-order valence-corrected chi connectivity index (χ2v) is 5.09. The first kappa shape index (κ1) is 14.8. The molecule has 1 rings (SSSR count). The molecule has 0 bridgehead atoms. The van der Waals surface area contributed by atoms with E-state index in [0.717, 1.165) is 25.2 Å². The molecule has 0 heterocycles. The second kappa shape index (κ2) is 7.93. The molecule has 1 aromatic carbocycles. The first-order valence-electron chi connectivity index (χ1n) is 6.78. The van der Waals surface area contributed by atoms with E-state index < -0.39 is 0 Å². The normalized spacial score (nSPS) is 12.6. The Morgan fingerprint density at radius 1 is 1.28 bits per heavy atom. The van der Waals surface area contributed by atoms with E-state index in [-0.39, 0.29) is 0 Å². The maximum absolute atomic E-state index is 5.70. The number of nitrogens with two attached hydrogens (primary N) is 1. The lowest BCUT2D eigenvalue weighted by atomic mass is 9.97. The van der Waals surface area contributed by atoms with Gasteiger partial charge in [-0.2, -0.15) is 0 Å². The minimum atomic E-state index is 0.590. The van der Waals surface area contributed by atoms with Gasteiger partial charge in [0.05, 0.1) is 0 Å². The average Bonchev–Trinajstić information content (AvgIpc) is 2.37. The van der Waals surface area contributed by atoms with Gasteiger partial charge in [0.15, 0.2) is 0 Å². The maximum atomic E-state index is 5.70. The summed E-state index contributed by atoms with van der Waals surface area (Å²) in [6.45, 7) is 8.33. The monoisotopic (exact) mass is 246 g/mol. The molecule has 0 aliphatic heterocycles. The minimum absolute atomic E-state index is 0.590. The largest absolute Gasteiger partial charge is 0.399 e. The lowest BCUT2D eigenvalue weighted by Crippen LogP contribution is -2.22. The van der Waals surface area contributed by atoms with Crippen molar-refractivity contribution in [1.82, 2.24) is 4.90 Å². The summed E-state index contributed by atoms with van der Waals surface area (Å²) in [6.07, 6.45) is 5.49. The third kappa shape index (κ3) is 5.37. The Bertz CT molecular complexity index is 343. The minimum Gasteiger partial charge on any atom is -0.399 e. The van der Waals surface area contributed by atoms with Crippen molar-refractivity contribution in [2.24, 2.45) is 0 Å². The van der Waals surface area contributed by atoms with Gasteiger partial charge in [0.25, 0.3) is 0 Å². The van der Waals surface area contributed by atoms with Crippen molar-refractivity contribution in [3.05, 3.63) is 42.5 Å². The molecule has 1 atom stereocenters. The molecule has 0 saturated carbocycles. The fourth-order valence-corrected chi connectivity index (χ4v) is 2.02. The molecule has 2 nitrogen and oxygen atoms in total. The van der Waals surface area contributed by atoms with Gasteiger partial charge >= 0.3 is 0 Å². The van der Waals surface area contributed by atoms with E-state index in [1.165, 1.54) is 18.4 Å². The summed E-state index contributed by atoms with van der Waals surface area (Å²) in [5.41, 5.74) is 7.92. The SMILES string of the molecule is C=CCCCN(C)CCC(C)c1ccc(N)cc1. The van der Waals surface area contributed by atoms with Gasteiger partial charge in [-0.1, -0.05) is 25.1 Å². The number of allylic oxidation sites excluding steroid dienone is 1. The summed E-state index contributed by atoms with van der Waals surface area (Å²) in [6, 6.07) is 8.24. The number of benzene rings is 1. The maximum Gasteiger partial charge on any atom is 0.0314 e. The Hall–Kier alpha value is -1.28. The molecule has 2 heteroatoms. The number of nitrogens with zero attached hydrogens (tertiary/aromatic N) is 1. The molecule has 0 aliphatic rings. The smallest absolute Gasteiger partial charge is 0.0314 e. The van der Waals surface area contributed by atoms with Gasteiger partial charge in [-0.3, -0.25) is 0 Å². The van der Waals surface area contributed by atoms with Crippen molar-refractivity contribution in [2.45, 2.75) is 32.1 Å². The van der Waals surface area contributed by atoms with E-state index in [4.69, 9.17) is 5.73 Å². The predicted octanol–water partition coefficient (Wildman–Crippen LogP) is 3.66. The molecule has 0 amide bonds. The van der Waals surface area contributed by atoms with Crippen LogP contribution in [0.5, 0.6) is 0 Å². The molecule has 0 fully saturated rings. The van der Waals surface area contributed by atoms with Crippen molar-refractivity contribution < 1.29 is 0 Å². The van der Waals surface area contributed by atoms with Gasteiger partial charge in [-0.05, 0) is 63.0 Å². The second-order valence-electron chi connectivity index (χ2n) is 5.09. The zero-order valence-corrected chi connectivity index (χ0v) is 11.7. The molecule has 2 N–H and O–H groups in total. The topological polar surface area (TPSA) is 29.3 Å². The molecule has 0 saturated heterocycles. The number of hydrogen-bond donors (Lipinski definition) is 1. The van der Waals surface area contributed by atoms with Gasteiger partial charge in [0.2, 0.25) is 0 Å². The van der Waals surface area contributed by atoms with Crippen molar-refractivity contribution in [1.29, 1.82) is 0 Å². The Morgan fingerprint density at radius 3 is 2.56 bits per heavy atom. The number of anilines is 1. The van der Waals surface area contributed by atoms with Crippen molar-refractivity contribution in [3.63, 3.8) is 0 Å². The molecule has 1 aromatic rings. The van der Waals surface area contributed by atoms with E-state index in [9.17, 15) is 0 Å². The summed E-state index contributed by atoms with van der Waals surface area (Å²) in [7, 11) is 2.19. The van der Waals surface area contributed by atoms with Gasteiger partial charge in [-0.25, -0.2) is 0 Å². The van der Waals surface area contributed by atoms with Crippen LogP contribution in [-0.2, 0) is 0 Å². The molecule has 0 aliphatic carbocycles. The van der Waals surface area contributed by atoms with Crippen LogP contribution in [0.1, 0.15) is 37.7 Å². The van der Waals surface area contributed by atoms with Crippen LogP contribution in [0, 0.1) is 0 Å². The summed E-state index contributed by atoms with van der Waals surface area (Å²) < 4.78 is 0. The molecule has 18 heavy (non-hydrogen) atoms. The lowest BCUT2D eigenvalue weighted by molar-refractivity contribution is 0.317. The van der Waals surface area contributed by atoms with E-state index in [2.05, 4.69) is 37.6 Å². The Kier molecular flexibility index (Phi) is 6.51. The highest BCUT2D eigenvalue weighted by atomic mass is 15.1. The molecule has 0 radical (unpaired) electrons. The van der Waals surface area contributed by atoms with Crippen LogP contribution >= 0.6 is 0 Å². The first-order valence-corrected chi connectivity index (χ1v) is 6.78. The molecule has 100 valence electrons. The van der Waals surface area contributed by atoms with E-state index in [1.807, 2.05) is 18.2 Å². The van der Waals surface area contributed by atoms with Crippen LogP contribution in [0.3, 0.4) is 0 Å². The Balaban J connectivity index is 2.29. The lowest BCUT2D eigenvalue weighted by Gasteiger charge is -2.19. The third-order valence-corrected chi connectivity index (χ3v) is 3.40. The number of rotatable bonds is 8. The van der Waals surface area contributed by atoms with Crippen LogP contribution in [0.2, 0.25) is 0 Å². The fraction of sp³-hybridized carbons (Fsp3) is 0.500. The number of nitrogen functional groups attached to an aromatic ring is 1. The summed E-state index contributed by atoms with van der Waals surface area (Å²) in [5, 5.41) is 0. The molecular weight excluding hydrogens is 220 g/mol. The zero-order chi connectivity index (χ0) is 13.4. The predicted molar refractivity (Wildman–Crippen MR) is 80.8 cm³/mol. The highest BCUT2D eigenvalue weighted by Gasteiger charge is 2.06. The summed E-state index contributed by atoms with van der Waals surface area (Å²) in [5.74, 6) is 0.590. The highest BCUT2D eigenvalue weighted by molar-refractivity contribution is 5.40.